The van der Waals surface area contributed by atoms with Crippen molar-refractivity contribution >= 4 is 27.5 Å². The summed E-state index contributed by atoms with van der Waals surface area (Å²) < 4.78 is 13.8. The second-order valence-corrected chi connectivity index (χ2v) is 4.05. The van der Waals surface area contributed by atoms with Crippen molar-refractivity contribution in [2.24, 2.45) is 0 Å². The first kappa shape index (κ1) is 9.79. The zero-order chi connectivity index (χ0) is 10.8. The van der Waals surface area contributed by atoms with Crippen LogP contribution in [0.2, 0.25) is 0 Å². The summed E-state index contributed by atoms with van der Waals surface area (Å²) in [6.45, 7) is 0. The second kappa shape index (κ2) is 3.78. The molecule has 2 aromatic rings. The number of hydrogen-bond donors (Lipinski definition) is 0. The zero-order valence-electron chi connectivity index (χ0n) is 7.51. The van der Waals surface area contributed by atoms with Gasteiger partial charge in [0.15, 0.2) is 0 Å². The summed E-state index contributed by atoms with van der Waals surface area (Å²) >= 11 is 1.39. The molecular weight excluding hydrogens is 217 g/mol. The lowest BCUT2D eigenvalue weighted by atomic mass is 10.2. The lowest BCUT2D eigenvalue weighted by Gasteiger charge is -1.86. The maximum Gasteiger partial charge on any atom is 0.235 e. The minimum absolute atomic E-state index is 0.301. The van der Waals surface area contributed by atoms with Gasteiger partial charge in [-0.25, -0.2) is 4.39 Å². The topological polar surface area (TPSA) is 43.1 Å². The number of nitro groups is 1. The molecule has 0 atom stereocenters. The summed E-state index contributed by atoms with van der Waals surface area (Å²) in [4.78, 5) is 10.3. The molecule has 2 rings (SSSR count). The lowest BCUT2D eigenvalue weighted by Crippen LogP contribution is -1.80. The summed E-state index contributed by atoms with van der Waals surface area (Å²) in [5, 5.41) is 10.9. The van der Waals surface area contributed by atoms with Crippen LogP contribution >= 0.6 is 11.3 Å². The number of fused-ring (bicyclic) bond motifs is 1. The summed E-state index contributed by atoms with van der Waals surface area (Å²) in [7, 11) is 0. The molecule has 5 heteroatoms. The van der Waals surface area contributed by atoms with E-state index in [1.54, 1.807) is 12.1 Å². The largest absolute Gasteiger partial charge is 0.259 e. The Kier molecular flexibility index (Phi) is 2.47. The molecule has 0 N–H and O–H groups in total. The first-order valence-corrected chi connectivity index (χ1v) is 4.97. The van der Waals surface area contributed by atoms with Crippen molar-refractivity contribution in [3.05, 3.63) is 51.3 Å². The number of halogens is 1. The Balaban J connectivity index is 2.43. The number of hydrogen-bond acceptors (Lipinski definition) is 3. The average Bonchev–Trinajstić information content (AvgIpc) is 2.56. The molecule has 0 fully saturated rings. The Bertz CT molecular complexity index is 547. The van der Waals surface area contributed by atoms with Crippen LogP contribution in [-0.4, -0.2) is 4.92 Å². The SMILES string of the molecule is O=[N+]([O-])C=Cc1cc2cc(F)ccc2s1. The van der Waals surface area contributed by atoms with E-state index in [4.69, 9.17) is 0 Å². The zero-order valence-corrected chi connectivity index (χ0v) is 8.33. The van der Waals surface area contributed by atoms with Gasteiger partial charge in [-0.2, -0.15) is 0 Å². The fourth-order valence-corrected chi connectivity index (χ4v) is 2.19. The van der Waals surface area contributed by atoms with Crippen molar-refractivity contribution in [3.8, 4) is 0 Å². The molecule has 1 aromatic heterocycles. The maximum absolute atomic E-state index is 12.8. The summed E-state index contributed by atoms with van der Waals surface area (Å²) in [5.41, 5.74) is 0. The van der Waals surface area contributed by atoms with E-state index >= 15 is 0 Å². The molecule has 0 spiro atoms. The molecule has 0 aliphatic heterocycles. The smallest absolute Gasteiger partial charge is 0.235 e. The van der Waals surface area contributed by atoms with E-state index in [1.165, 1.54) is 29.5 Å². The standard InChI is InChI=1S/C10H6FNO2S/c11-8-1-2-10-7(5-8)6-9(15-10)3-4-12(13)14/h1-6H. The Labute approximate surface area is 88.6 Å². The van der Waals surface area contributed by atoms with E-state index in [0.29, 0.717) is 0 Å². The highest BCUT2D eigenvalue weighted by molar-refractivity contribution is 7.19. The van der Waals surface area contributed by atoms with E-state index in [9.17, 15) is 14.5 Å². The minimum Gasteiger partial charge on any atom is -0.259 e. The van der Waals surface area contributed by atoms with E-state index < -0.39 is 4.92 Å². The van der Waals surface area contributed by atoms with Crippen LogP contribution in [0, 0.1) is 15.9 Å². The number of nitrogens with zero attached hydrogens (tertiary/aromatic N) is 1. The quantitative estimate of drug-likeness (QED) is 0.579. The highest BCUT2D eigenvalue weighted by atomic mass is 32.1. The van der Waals surface area contributed by atoms with Crippen molar-refractivity contribution in [2.45, 2.75) is 0 Å². The molecule has 3 nitrogen and oxygen atoms in total. The van der Waals surface area contributed by atoms with E-state index in [2.05, 4.69) is 0 Å². The van der Waals surface area contributed by atoms with Crippen LogP contribution in [0.3, 0.4) is 0 Å². The Morgan fingerprint density at radius 3 is 2.93 bits per heavy atom. The second-order valence-electron chi connectivity index (χ2n) is 2.93. The number of benzene rings is 1. The van der Waals surface area contributed by atoms with Gasteiger partial charge in [0.1, 0.15) is 5.82 Å². The van der Waals surface area contributed by atoms with Gasteiger partial charge in [-0.1, -0.05) is 0 Å². The molecule has 0 bridgehead atoms. The third-order valence-corrected chi connectivity index (χ3v) is 2.94. The maximum atomic E-state index is 12.8. The molecule has 0 aliphatic rings. The first-order chi connectivity index (χ1) is 7.15. The van der Waals surface area contributed by atoms with Crippen molar-refractivity contribution < 1.29 is 9.31 Å². The van der Waals surface area contributed by atoms with Crippen LogP contribution in [0.5, 0.6) is 0 Å². The fourth-order valence-electron chi connectivity index (χ4n) is 1.25. The highest BCUT2D eigenvalue weighted by Crippen LogP contribution is 2.26. The molecule has 0 amide bonds. The van der Waals surface area contributed by atoms with Crippen molar-refractivity contribution in [3.63, 3.8) is 0 Å². The molecule has 0 saturated heterocycles. The highest BCUT2D eigenvalue weighted by Gasteiger charge is 2.01. The molecule has 76 valence electrons. The van der Waals surface area contributed by atoms with Gasteiger partial charge in [0.25, 0.3) is 0 Å². The predicted molar refractivity (Wildman–Crippen MR) is 57.8 cm³/mol. The van der Waals surface area contributed by atoms with Gasteiger partial charge >= 0.3 is 0 Å². The number of rotatable bonds is 2. The minimum atomic E-state index is -0.523. The summed E-state index contributed by atoms with van der Waals surface area (Å²) in [6.07, 6.45) is 2.28. The fraction of sp³-hybridized carbons (Fsp3) is 0. The van der Waals surface area contributed by atoms with Gasteiger partial charge in [0.2, 0.25) is 6.20 Å². The molecule has 0 aliphatic carbocycles. The third-order valence-electron chi connectivity index (χ3n) is 1.86. The summed E-state index contributed by atoms with van der Waals surface area (Å²) in [6, 6.07) is 6.18. The molecule has 1 heterocycles. The molecule has 1 aromatic carbocycles. The van der Waals surface area contributed by atoms with Crippen LogP contribution < -0.4 is 0 Å². The average molecular weight is 223 g/mol. The van der Waals surface area contributed by atoms with Crippen LogP contribution in [0.4, 0.5) is 4.39 Å². The van der Waals surface area contributed by atoms with E-state index in [-0.39, 0.29) is 5.82 Å². The van der Waals surface area contributed by atoms with Crippen molar-refractivity contribution in [1.82, 2.24) is 0 Å². The monoisotopic (exact) mass is 223 g/mol. The van der Waals surface area contributed by atoms with Crippen molar-refractivity contribution in [1.29, 1.82) is 0 Å². The molecule has 0 radical (unpaired) electrons. The van der Waals surface area contributed by atoms with Gasteiger partial charge in [0, 0.05) is 15.7 Å². The first-order valence-electron chi connectivity index (χ1n) is 4.16. The predicted octanol–water partition coefficient (Wildman–Crippen LogP) is 3.29. The van der Waals surface area contributed by atoms with Crippen LogP contribution in [0.1, 0.15) is 4.88 Å². The molecule has 0 saturated carbocycles. The Morgan fingerprint density at radius 1 is 1.40 bits per heavy atom. The molecular formula is C10H6FNO2S. The molecule has 15 heavy (non-hydrogen) atoms. The van der Waals surface area contributed by atoms with Gasteiger partial charge in [-0.3, -0.25) is 10.1 Å². The summed E-state index contributed by atoms with van der Waals surface area (Å²) in [5.74, 6) is -0.301. The van der Waals surface area contributed by atoms with Crippen LogP contribution in [-0.2, 0) is 0 Å². The van der Waals surface area contributed by atoms with Gasteiger partial charge in [-0.15, -0.1) is 11.3 Å². The van der Waals surface area contributed by atoms with E-state index in [1.807, 2.05) is 0 Å². The van der Waals surface area contributed by atoms with Crippen molar-refractivity contribution in [2.75, 3.05) is 0 Å². The van der Waals surface area contributed by atoms with Gasteiger partial charge < -0.3 is 0 Å². The van der Waals surface area contributed by atoms with Crippen LogP contribution in [0.25, 0.3) is 16.2 Å². The van der Waals surface area contributed by atoms with Crippen LogP contribution in [0.15, 0.2) is 30.5 Å². The Hall–Kier alpha value is -1.75. The third kappa shape index (κ3) is 2.19. The van der Waals surface area contributed by atoms with E-state index in [0.717, 1.165) is 21.2 Å². The van der Waals surface area contributed by atoms with Gasteiger partial charge in [0.05, 0.1) is 4.92 Å². The van der Waals surface area contributed by atoms with Gasteiger partial charge in [-0.05, 0) is 29.7 Å². The number of thiophene rings is 1. The molecule has 0 unspecified atom stereocenters. The normalized spacial score (nSPS) is 11.3. The lowest BCUT2D eigenvalue weighted by molar-refractivity contribution is -0.400. The Morgan fingerprint density at radius 2 is 2.20 bits per heavy atom.